The van der Waals surface area contributed by atoms with E-state index in [1.54, 1.807) is 0 Å². The van der Waals surface area contributed by atoms with Crippen LogP contribution in [0.4, 0.5) is 15.3 Å². The van der Waals surface area contributed by atoms with Crippen LogP contribution in [0, 0.1) is 23.7 Å². The zero-order valence-electron chi connectivity index (χ0n) is 36.0. The van der Waals surface area contributed by atoms with Crippen molar-refractivity contribution in [3.63, 3.8) is 0 Å². The van der Waals surface area contributed by atoms with Gasteiger partial charge in [-0.1, -0.05) is 39.8 Å². The van der Waals surface area contributed by atoms with Crippen molar-refractivity contribution >= 4 is 28.7 Å². The quantitative estimate of drug-likeness (QED) is 0.124. The lowest BCUT2D eigenvalue weighted by Gasteiger charge is -2.24. The van der Waals surface area contributed by atoms with E-state index in [0.717, 1.165) is 109 Å². The van der Waals surface area contributed by atoms with E-state index in [1.807, 2.05) is 33.1 Å². The number of amides is 4. The predicted octanol–water partition coefficient (Wildman–Crippen LogP) is 8.02. The van der Waals surface area contributed by atoms with Crippen molar-refractivity contribution in [2.24, 2.45) is 23.7 Å². The predicted molar refractivity (Wildman–Crippen MR) is 238 cm³/mol. The molecule has 60 heavy (non-hydrogen) atoms. The van der Waals surface area contributed by atoms with E-state index < -0.39 is 0 Å². The van der Waals surface area contributed by atoms with Gasteiger partial charge in [0.15, 0.2) is 0 Å². The number of carbonyl (C=O) groups is 2. The second-order valence-corrected chi connectivity index (χ2v) is 18.2. The van der Waals surface area contributed by atoms with Crippen LogP contribution in [0.25, 0.3) is 33.2 Å². The van der Waals surface area contributed by atoms with E-state index in [1.165, 1.54) is 39.7 Å². The number of nitrogens with zero attached hydrogens (tertiary/aromatic N) is 7. The first-order valence-electron chi connectivity index (χ1n) is 22.3. The fraction of sp³-hybridized carbons (Fsp3) is 0.532. The smallest absolute Gasteiger partial charge is 0.317 e. The van der Waals surface area contributed by atoms with E-state index in [-0.39, 0.29) is 18.3 Å². The van der Waals surface area contributed by atoms with Gasteiger partial charge in [0.25, 0.3) is 0 Å². The molecule has 0 aliphatic carbocycles. The first-order valence-corrected chi connectivity index (χ1v) is 22.3. The number of fused-ring (bicyclic) bond motifs is 2. The fourth-order valence-electron chi connectivity index (χ4n) is 9.09. The van der Waals surface area contributed by atoms with Gasteiger partial charge in [-0.05, 0) is 109 Å². The van der Waals surface area contributed by atoms with Crippen LogP contribution < -0.4 is 15.5 Å². The number of benzene rings is 2. The van der Waals surface area contributed by atoms with Gasteiger partial charge in [0.1, 0.15) is 6.23 Å². The summed E-state index contributed by atoms with van der Waals surface area (Å²) in [6.07, 6.45) is 16.7. The molecule has 320 valence electrons. The normalized spacial score (nSPS) is 20.2. The largest absolute Gasteiger partial charge is 0.371 e. The van der Waals surface area contributed by atoms with Crippen LogP contribution in [0.15, 0.2) is 73.4 Å². The highest BCUT2D eigenvalue weighted by atomic mass is 16.5. The summed E-state index contributed by atoms with van der Waals surface area (Å²) in [5, 5.41) is 18.8. The molecule has 0 spiro atoms. The summed E-state index contributed by atoms with van der Waals surface area (Å²) in [4.78, 5) is 31.1. The highest BCUT2D eigenvalue weighted by Gasteiger charge is 2.30. The van der Waals surface area contributed by atoms with Crippen LogP contribution in [0.5, 0.6) is 0 Å². The van der Waals surface area contributed by atoms with Crippen molar-refractivity contribution < 1.29 is 14.3 Å². The Kier molecular flexibility index (Phi) is 13.1. The minimum atomic E-state index is 0.0655. The van der Waals surface area contributed by atoms with Gasteiger partial charge >= 0.3 is 12.1 Å². The van der Waals surface area contributed by atoms with Gasteiger partial charge < -0.3 is 34.6 Å². The topological polar surface area (TPSA) is 129 Å². The maximum Gasteiger partial charge on any atom is 0.317 e. The third-order valence-electron chi connectivity index (χ3n) is 12.5. The van der Waals surface area contributed by atoms with E-state index in [4.69, 9.17) is 4.74 Å². The number of hydrogen-bond acceptors (Lipinski definition) is 6. The van der Waals surface area contributed by atoms with Crippen LogP contribution in [0.1, 0.15) is 71.6 Å². The van der Waals surface area contributed by atoms with Gasteiger partial charge in [0, 0.05) is 112 Å². The molecule has 0 bridgehead atoms. The minimum Gasteiger partial charge on any atom is -0.371 e. The first kappa shape index (κ1) is 41.4. The summed E-state index contributed by atoms with van der Waals surface area (Å²) in [7, 11) is 0. The Labute approximate surface area is 354 Å². The number of ether oxygens (including phenoxy) is 1. The molecule has 9 rings (SSSR count). The SMILES string of the molecule is CC(C)CNC(=O)N1CCC(CN2CCc3cc(-c4cn[nH]c4)ccc32)C1.CC(C)CNC(=O)N1CCC(Cn2ccc3cc(-c4cnn(C5CCCCO5)c4)ccc32)C1. The summed E-state index contributed by atoms with van der Waals surface area (Å²) in [6, 6.07) is 15.7. The highest BCUT2D eigenvalue weighted by molar-refractivity contribution is 5.85. The Bertz CT molecular complexity index is 2190. The molecule has 4 amide bonds. The molecule has 0 saturated carbocycles. The van der Waals surface area contributed by atoms with Crippen LogP contribution in [-0.4, -0.2) is 105 Å². The van der Waals surface area contributed by atoms with Gasteiger partial charge in [-0.2, -0.15) is 10.2 Å². The Morgan fingerprint density at radius 2 is 1.52 bits per heavy atom. The van der Waals surface area contributed by atoms with Gasteiger partial charge in [-0.3, -0.25) is 5.10 Å². The maximum absolute atomic E-state index is 12.4. The van der Waals surface area contributed by atoms with E-state index in [2.05, 4.69) is 118 Å². The van der Waals surface area contributed by atoms with Gasteiger partial charge in [-0.15, -0.1) is 0 Å². The molecule has 5 aromatic rings. The van der Waals surface area contributed by atoms with Crippen molar-refractivity contribution in [3.8, 4) is 22.3 Å². The molecule has 2 aromatic carbocycles. The number of nitrogens with one attached hydrogen (secondary N) is 3. The van der Waals surface area contributed by atoms with Crippen molar-refractivity contribution in [2.75, 3.05) is 63.9 Å². The van der Waals surface area contributed by atoms with Crippen molar-refractivity contribution in [1.82, 2.24) is 45.0 Å². The summed E-state index contributed by atoms with van der Waals surface area (Å²) >= 11 is 0. The molecule has 4 aliphatic heterocycles. The standard InChI is InChI=1S/C26H35N5O2.C21H29N5O/c1-19(2)14-27-26(32)30-10-8-20(17-30)16-29-11-9-22-13-21(6-7-24(22)29)23-15-28-31(18-23)25-5-3-4-12-33-25;1-15(2)10-22-21(27)26-7-5-16(14-26)13-25-8-6-18-9-17(3-4-20(18)25)19-11-23-24-12-19/h6-7,9,11,13,15,18-20,25H,3-5,8,10,12,14,16-17H2,1-2H3,(H,27,32);3-4,9,11-12,15-16H,5-8,10,13-14H2,1-2H3,(H,22,27)(H,23,24). The number of aromatic nitrogens is 5. The molecule has 13 heteroatoms. The number of H-pyrrole nitrogens is 1. The summed E-state index contributed by atoms with van der Waals surface area (Å²) in [5.74, 6) is 1.99. The Morgan fingerprint density at radius 3 is 2.20 bits per heavy atom. The molecular weight excluding hydrogens is 753 g/mol. The van der Waals surface area contributed by atoms with E-state index in [9.17, 15) is 9.59 Å². The fourth-order valence-corrected chi connectivity index (χ4v) is 9.09. The van der Waals surface area contributed by atoms with E-state index >= 15 is 0 Å². The minimum absolute atomic E-state index is 0.0655. The molecular formula is C47H64N10O3. The number of anilines is 1. The van der Waals surface area contributed by atoms with Crippen molar-refractivity contribution in [1.29, 1.82) is 0 Å². The molecule has 7 heterocycles. The number of carbonyl (C=O) groups excluding carboxylic acids is 2. The van der Waals surface area contributed by atoms with Gasteiger partial charge in [0.05, 0.1) is 12.4 Å². The van der Waals surface area contributed by atoms with E-state index in [0.29, 0.717) is 23.7 Å². The molecule has 0 radical (unpaired) electrons. The Morgan fingerprint density at radius 1 is 0.800 bits per heavy atom. The third kappa shape index (κ3) is 10.00. The first-order chi connectivity index (χ1) is 29.2. The number of likely N-dealkylation sites (tertiary alicyclic amines) is 2. The molecule has 4 aliphatic rings. The number of aromatic amines is 1. The molecule has 3 saturated heterocycles. The van der Waals surface area contributed by atoms with Crippen molar-refractivity contribution in [3.05, 3.63) is 79.0 Å². The zero-order valence-corrected chi connectivity index (χ0v) is 36.0. The van der Waals surface area contributed by atoms with Gasteiger partial charge in [0.2, 0.25) is 0 Å². The number of hydrogen-bond donors (Lipinski definition) is 3. The highest BCUT2D eigenvalue weighted by Crippen LogP contribution is 2.34. The van der Waals surface area contributed by atoms with Crippen LogP contribution >= 0.6 is 0 Å². The van der Waals surface area contributed by atoms with Crippen LogP contribution in [0.3, 0.4) is 0 Å². The molecule has 3 N–H and O–H groups in total. The number of rotatable bonds is 11. The maximum atomic E-state index is 12.4. The monoisotopic (exact) mass is 817 g/mol. The molecule has 3 aromatic heterocycles. The average molecular weight is 817 g/mol. The lowest BCUT2D eigenvalue weighted by molar-refractivity contribution is -0.0394. The van der Waals surface area contributed by atoms with Crippen LogP contribution in [0.2, 0.25) is 0 Å². The average Bonchev–Trinajstić information content (AvgIpc) is 4.12. The summed E-state index contributed by atoms with van der Waals surface area (Å²) in [5.41, 5.74) is 8.66. The second-order valence-electron chi connectivity index (χ2n) is 18.2. The second kappa shape index (κ2) is 19.0. The molecule has 3 fully saturated rings. The molecule has 3 atom stereocenters. The third-order valence-corrected chi connectivity index (χ3v) is 12.5. The van der Waals surface area contributed by atoms with Crippen molar-refractivity contribution in [2.45, 2.75) is 79.0 Å². The zero-order chi connectivity index (χ0) is 41.6. The lowest BCUT2D eigenvalue weighted by atomic mass is 10.0. The lowest BCUT2D eigenvalue weighted by Crippen LogP contribution is -2.40. The number of urea groups is 2. The van der Waals surface area contributed by atoms with Crippen LogP contribution in [-0.2, 0) is 17.7 Å². The summed E-state index contributed by atoms with van der Waals surface area (Å²) < 4.78 is 10.2. The Balaban J connectivity index is 0.000000170. The Hall–Kier alpha value is -5.30. The summed E-state index contributed by atoms with van der Waals surface area (Å²) in [6.45, 7) is 17.2. The van der Waals surface area contributed by atoms with Gasteiger partial charge in [-0.25, -0.2) is 14.3 Å². The molecule has 13 nitrogen and oxygen atoms in total. The molecule has 3 unspecified atom stereocenters.